The Hall–Kier alpha value is -0.770. The van der Waals surface area contributed by atoms with E-state index >= 15 is 0 Å². The predicted molar refractivity (Wildman–Crippen MR) is 32.8 cm³/mol. The van der Waals surface area contributed by atoms with Crippen LogP contribution in [-0.2, 0) is 0 Å². The van der Waals surface area contributed by atoms with Gasteiger partial charge >= 0.3 is 6.16 Å². The SMILES string of the molecule is C1CCNC1.O=C(O)O. The highest BCUT2D eigenvalue weighted by Crippen LogP contribution is 1.90. The molecule has 54 valence electrons. The number of hydrogen-bond donors (Lipinski definition) is 3. The third-order valence-electron chi connectivity index (χ3n) is 0.957. The van der Waals surface area contributed by atoms with Crippen molar-refractivity contribution in [1.29, 1.82) is 0 Å². The molecule has 0 spiro atoms. The Kier molecular flexibility index (Phi) is 4.91. The molecule has 3 N–H and O–H groups in total. The Morgan fingerprint density at radius 3 is 1.67 bits per heavy atom. The maximum absolute atomic E-state index is 8.56. The summed E-state index contributed by atoms with van der Waals surface area (Å²) < 4.78 is 0. The monoisotopic (exact) mass is 133 g/mol. The predicted octanol–water partition coefficient (Wildman–Crippen LogP) is 0.592. The fraction of sp³-hybridized carbons (Fsp3) is 0.800. The van der Waals surface area contributed by atoms with Crippen LogP contribution < -0.4 is 5.32 Å². The summed E-state index contributed by atoms with van der Waals surface area (Å²) in [5, 5.41) is 17.2. The van der Waals surface area contributed by atoms with Gasteiger partial charge in [-0.25, -0.2) is 4.79 Å². The summed E-state index contributed by atoms with van der Waals surface area (Å²) in [6.07, 6.45) is 0.944. The van der Waals surface area contributed by atoms with Gasteiger partial charge < -0.3 is 15.5 Å². The molecule has 1 saturated heterocycles. The lowest BCUT2D eigenvalue weighted by Gasteiger charge is -1.76. The largest absolute Gasteiger partial charge is 0.503 e. The van der Waals surface area contributed by atoms with Crippen LogP contribution in [0.25, 0.3) is 0 Å². The van der Waals surface area contributed by atoms with E-state index in [-0.39, 0.29) is 0 Å². The van der Waals surface area contributed by atoms with Crippen LogP contribution in [0.5, 0.6) is 0 Å². The van der Waals surface area contributed by atoms with E-state index in [0.717, 1.165) is 0 Å². The first kappa shape index (κ1) is 8.23. The number of hydrogen-bond acceptors (Lipinski definition) is 2. The van der Waals surface area contributed by atoms with Gasteiger partial charge in [-0.1, -0.05) is 0 Å². The van der Waals surface area contributed by atoms with Gasteiger partial charge in [0.25, 0.3) is 0 Å². The summed E-state index contributed by atoms with van der Waals surface area (Å²) in [6, 6.07) is 0. The van der Waals surface area contributed by atoms with Gasteiger partial charge in [0.1, 0.15) is 0 Å². The molecule has 0 aliphatic carbocycles. The Balaban J connectivity index is 0.000000148. The van der Waals surface area contributed by atoms with Crippen LogP contribution in [0.1, 0.15) is 12.8 Å². The van der Waals surface area contributed by atoms with Gasteiger partial charge in [-0.3, -0.25) is 0 Å². The molecule has 0 saturated carbocycles. The standard InChI is InChI=1S/C4H9N.CH2O3/c1-2-4-5-3-1;2-1(3)4/h5H,1-4H2;(H2,2,3,4). The van der Waals surface area contributed by atoms with Crippen LogP contribution in [0.2, 0.25) is 0 Å². The van der Waals surface area contributed by atoms with Gasteiger partial charge in [0.15, 0.2) is 0 Å². The number of carbonyl (C=O) groups is 1. The van der Waals surface area contributed by atoms with Gasteiger partial charge in [0.2, 0.25) is 0 Å². The maximum Gasteiger partial charge on any atom is 0.503 e. The molecule has 1 aliphatic rings. The molecule has 0 aromatic rings. The lowest BCUT2D eigenvalue weighted by atomic mass is 10.4. The zero-order valence-electron chi connectivity index (χ0n) is 5.13. The second kappa shape index (κ2) is 5.37. The van der Waals surface area contributed by atoms with E-state index in [9.17, 15) is 0 Å². The summed E-state index contributed by atoms with van der Waals surface area (Å²) in [5.74, 6) is 0. The van der Waals surface area contributed by atoms with E-state index in [1.165, 1.54) is 25.9 Å². The fourth-order valence-corrected chi connectivity index (χ4v) is 0.625. The molecule has 9 heavy (non-hydrogen) atoms. The molecule has 0 unspecified atom stereocenters. The van der Waals surface area contributed by atoms with Crippen molar-refractivity contribution < 1.29 is 15.0 Å². The van der Waals surface area contributed by atoms with Crippen molar-refractivity contribution in [3.05, 3.63) is 0 Å². The molecule has 1 fully saturated rings. The number of nitrogens with one attached hydrogen (secondary N) is 1. The normalized spacial score (nSPS) is 16.0. The molecular formula is C5H11NO3. The zero-order chi connectivity index (χ0) is 7.11. The molecule has 0 amide bonds. The zero-order valence-corrected chi connectivity index (χ0v) is 5.13. The summed E-state index contributed by atoms with van der Waals surface area (Å²) in [6.45, 7) is 2.50. The summed E-state index contributed by atoms with van der Waals surface area (Å²) in [4.78, 5) is 8.56. The van der Waals surface area contributed by atoms with Gasteiger partial charge in [-0.05, 0) is 25.9 Å². The average molecular weight is 133 g/mol. The molecule has 0 radical (unpaired) electrons. The molecule has 1 aliphatic heterocycles. The Bertz CT molecular complexity index is 68.7. The van der Waals surface area contributed by atoms with Crippen LogP contribution in [-0.4, -0.2) is 29.5 Å². The second-order valence-electron chi connectivity index (χ2n) is 1.74. The van der Waals surface area contributed by atoms with Crippen molar-refractivity contribution >= 4 is 6.16 Å². The first-order valence-electron chi connectivity index (χ1n) is 2.86. The molecule has 0 bridgehead atoms. The molecule has 4 heteroatoms. The van der Waals surface area contributed by atoms with Crippen LogP contribution in [0.15, 0.2) is 0 Å². The van der Waals surface area contributed by atoms with Crippen LogP contribution in [0, 0.1) is 0 Å². The van der Waals surface area contributed by atoms with Crippen molar-refractivity contribution in [3.63, 3.8) is 0 Å². The van der Waals surface area contributed by atoms with Crippen molar-refractivity contribution in [1.82, 2.24) is 5.32 Å². The molecule has 0 atom stereocenters. The van der Waals surface area contributed by atoms with E-state index < -0.39 is 6.16 Å². The third-order valence-corrected chi connectivity index (χ3v) is 0.957. The Morgan fingerprint density at radius 1 is 1.22 bits per heavy atom. The molecule has 4 nitrogen and oxygen atoms in total. The topological polar surface area (TPSA) is 69.6 Å². The average Bonchev–Trinajstić information content (AvgIpc) is 2.11. The first-order chi connectivity index (χ1) is 4.23. The summed E-state index contributed by atoms with van der Waals surface area (Å²) >= 11 is 0. The van der Waals surface area contributed by atoms with Gasteiger partial charge in [0.05, 0.1) is 0 Å². The minimum atomic E-state index is -1.83. The number of rotatable bonds is 0. The fourth-order valence-electron chi connectivity index (χ4n) is 0.625. The highest BCUT2D eigenvalue weighted by Gasteiger charge is 1.93. The molecule has 1 heterocycles. The summed E-state index contributed by atoms with van der Waals surface area (Å²) in [5.41, 5.74) is 0. The quantitative estimate of drug-likeness (QED) is 0.452. The van der Waals surface area contributed by atoms with E-state index in [0.29, 0.717) is 0 Å². The van der Waals surface area contributed by atoms with Gasteiger partial charge in [-0.2, -0.15) is 0 Å². The molecular weight excluding hydrogens is 122 g/mol. The summed E-state index contributed by atoms with van der Waals surface area (Å²) in [7, 11) is 0. The first-order valence-corrected chi connectivity index (χ1v) is 2.86. The smallest absolute Gasteiger partial charge is 0.450 e. The minimum Gasteiger partial charge on any atom is -0.450 e. The molecule has 0 aromatic heterocycles. The highest BCUT2D eigenvalue weighted by atomic mass is 16.6. The van der Waals surface area contributed by atoms with Crippen molar-refractivity contribution in [2.75, 3.05) is 13.1 Å². The van der Waals surface area contributed by atoms with Crippen molar-refractivity contribution in [2.24, 2.45) is 0 Å². The lowest BCUT2D eigenvalue weighted by Crippen LogP contribution is -2.03. The van der Waals surface area contributed by atoms with Crippen LogP contribution in [0.3, 0.4) is 0 Å². The number of carboxylic acid groups (broad SMARTS) is 2. The van der Waals surface area contributed by atoms with E-state index in [1.54, 1.807) is 0 Å². The highest BCUT2D eigenvalue weighted by molar-refractivity contribution is 5.53. The third kappa shape index (κ3) is 11.1. The molecule has 0 aromatic carbocycles. The van der Waals surface area contributed by atoms with Gasteiger partial charge in [0, 0.05) is 0 Å². The Labute approximate surface area is 53.5 Å². The second-order valence-corrected chi connectivity index (χ2v) is 1.74. The lowest BCUT2D eigenvalue weighted by molar-refractivity contribution is 0.137. The Morgan fingerprint density at radius 2 is 1.56 bits per heavy atom. The van der Waals surface area contributed by atoms with Crippen LogP contribution in [0.4, 0.5) is 4.79 Å². The van der Waals surface area contributed by atoms with E-state index in [2.05, 4.69) is 5.32 Å². The van der Waals surface area contributed by atoms with Crippen molar-refractivity contribution in [2.45, 2.75) is 12.8 Å². The van der Waals surface area contributed by atoms with Gasteiger partial charge in [-0.15, -0.1) is 0 Å². The van der Waals surface area contributed by atoms with Crippen LogP contribution >= 0.6 is 0 Å². The van der Waals surface area contributed by atoms with Crippen molar-refractivity contribution in [3.8, 4) is 0 Å². The molecule has 1 rings (SSSR count). The van der Waals surface area contributed by atoms with E-state index in [1.807, 2.05) is 0 Å². The van der Waals surface area contributed by atoms with E-state index in [4.69, 9.17) is 15.0 Å². The minimum absolute atomic E-state index is 1.25. The maximum atomic E-state index is 8.56.